The number of benzene rings is 1. The number of carbonyl (C=O) groups excluding carboxylic acids is 1. The lowest BCUT2D eigenvalue weighted by atomic mass is 10.1. The molecule has 1 amide bonds. The van der Waals surface area contributed by atoms with Gasteiger partial charge in [-0.15, -0.1) is 0 Å². The molecule has 1 saturated heterocycles. The van der Waals surface area contributed by atoms with E-state index in [1.54, 1.807) is 12.1 Å². The highest BCUT2D eigenvalue weighted by Crippen LogP contribution is 2.28. The Kier molecular flexibility index (Phi) is 3.47. The van der Waals surface area contributed by atoms with E-state index in [0.29, 0.717) is 16.5 Å². The van der Waals surface area contributed by atoms with E-state index in [9.17, 15) is 4.79 Å². The molecule has 4 nitrogen and oxygen atoms in total. The molecule has 17 heavy (non-hydrogen) atoms. The van der Waals surface area contributed by atoms with Gasteiger partial charge in [-0.25, -0.2) is 0 Å². The number of nitrogen functional groups attached to an aromatic ring is 1. The summed E-state index contributed by atoms with van der Waals surface area (Å²) in [5.41, 5.74) is 13.3. The smallest absolute Gasteiger partial charge is 0.248 e. The Morgan fingerprint density at radius 2 is 2.29 bits per heavy atom. The maximum Gasteiger partial charge on any atom is 0.248 e. The Labute approximate surface area is 105 Å². The van der Waals surface area contributed by atoms with Crippen LogP contribution < -0.4 is 16.4 Å². The van der Waals surface area contributed by atoms with Crippen molar-refractivity contribution in [1.82, 2.24) is 0 Å². The molecule has 0 saturated carbocycles. The summed E-state index contributed by atoms with van der Waals surface area (Å²) in [7, 11) is 0. The van der Waals surface area contributed by atoms with Crippen LogP contribution in [-0.2, 0) is 0 Å². The molecule has 0 bridgehead atoms. The molecule has 0 aliphatic carbocycles. The van der Waals surface area contributed by atoms with Crippen molar-refractivity contribution in [1.29, 1.82) is 0 Å². The van der Waals surface area contributed by atoms with Crippen LogP contribution in [0.1, 0.15) is 17.3 Å². The van der Waals surface area contributed by atoms with Gasteiger partial charge >= 0.3 is 0 Å². The molecular weight excluding hydrogens is 234 g/mol. The molecule has 1 aromatic carbocycles. The largest absolute Gasteiger partial charge is 0.397 e. The Morgan fingerprint density at radius 3 is 2.88 bits per heavy atom. The number of amides is 1. The fraction of sp³-hybridized carbons (Fsp3) is 0.417. The Morgan fingerprint density at radius 1 is 1.53 bits per heavy atom. The first-order chi connectivity index (χ1) is 8.08. The van der Waals surface area contributed by atoms with Crippen LogP contribution in [0.3, 0.4) is 0 Å². The van der Waals surface area contributed by atoms with Gasteiger partial charge in [-0.05, 0) is 18.2 Å². The molecule has 2 rings (SSSR count). The Balaban J connectivity index is 2.23. The minimum absolute atomic E-state index is 0.439. The van der Waals surface area contributed by atoms with E-state index in [4.69, 9.17) is 11.5 Å². The van der Waals surface area contributed by atoms with Gasteiger partial charge in [0.05, 0.1) is 11.4 Å². The number of nitrogens with two attached hydrogens (primary N) is 2. The summed E-state index contributed by atoms with van der Waals surface area (Å²) in [4.78, 5) is 13.3. The predicted octanol–water partition coefficient (Wildman–Crippen LogP) is 1.31. The molecule has 0 radical (unpaired) electrons. The quantitative estimate of drug-likeness (QED) is 0.777. The molecule has 5 heteroatoms. The fourth-order valence-electron chi connectivity index (χ4n) is 2.03. The predicted molar refractivity (Wildman–Crippen MR) is 73.5 cm³/mol. The summed E-state index contributed by atoms with van der Waals surface area (Å²) in [5.74, 6) is 0.670. The zero-order chi connectivity index (χ0) is 12.4. The fourth-order valence-corrected chi connectivity index (χ4v) is 3.05. The number of primary amides is 1. The van der Waals surface area contributed by atoms with E-state index in [1.165, 1.54) is 0 Å². The van der Waals surface area contributed by atoms with Crippen molar-refractivity contribution in [2.45, 2.75) is 12.2 Å². The van der Waals surface area contributed by atoms with Gasteiger partial charge in [0.1, 0.15) is 0 Å². The zero-order valence-electron chi connectivity index (χ0n) is 9.85. The maximum absolute atomic E-state index is 11.0. The average Bonchev–Trinajstić information content (AvgIpc) is 2.28. The number of hydrogen-bond donors (Lipinski definition) is 2. The van der Waals surface area contributed by atoms with E-state index < -0.39 is 5.91 Å². The van der Waals surface area contributed by atoms with E-state index in [2.05, 4.69) is 11.8 Å². The lowest BCUT2D eigenvalue weighted by molar-refractivity contribution is 0.100. The van der Waals surface area contributed by atoms with Crippen LogP contribution in [0, 0.1) is 0 Å². The maximum atomic E-state index is 11.0. The number of anilines is 2. The van der Waals surface area contributed by atoms with Crippen molar-refractivity contribution in [2.75, 3.05) is 29.5 Å². The van der Waals surface area contributed by atoms with Gasteiger partial charge in [0, 0.05) is 29.7 Å². The first-order valence-corrected chi connectivity index (χ1v) is 6.68. The van der Waals surface area contributed by atoms with Gasteiger partial charge in [-0.3, -0.25) is 4.79 Å². The number of carbonyl (C=O) groups is 1. The highest BCUT2D eigenvalue weighted by atomic mass is 32.2. The van der Waals surface area contributed by atoms with Crippen molar-refractivity contribution in [3.05, 3.63) is 23.8 Å². The van der Waals surface area contributed by atoms with Crippen LogP contribution in [0.25, 0.3) is 0 Å². The topological polar surface area (TPSA) is 72.3 Å². The lowest BCUT2D eigenvalue weighted by Crippen LogP contribution is -2.37. The molecule has 92 valence electrons. The van der Waals surface area contributed by atoms with Crippen LogP contribution in [0.4, 0.5) is 11.4 Å². The van der Waals surface area contributed by atoms with Gasteiger partial charge in [0.15, 0.2) is 0 Å². The number of hydrogen-bond acceptors (Lipinski definition) is 4. The SMILES string of the molecule is CC1CN(c2ccc(C(N)=O)cc2N)CCS1. The third-order valence-corrected chi connectivity index (χ3v) is 4.03. The second-order valence-electron chi connectivity index (χ2n) is 4.27. The Hall–Kier alpha value is -1.36. The summed E-state index contributed by atoms with van der Waals surface area (Å²) < 4.78 is 0. The second kappa shape index (κ2) is 4.87. The summed E-state index contributed by atoms with van der Waals surface area (Å²) in [5, 5.41) is 0.610. The number of rotatable bonds is 2. The summed E-state index contributed by atoms with van der Waals surface area (Å²) in [6, 6.07) is 5.28. The van der Waals surface area contributed by atoms with Gasteiger partial charge in [-0.2, -0.15) is 11.8 Å². The van der Waals surface area contributed by atoms with Crippen molar-refractivity contribution in [3.8, 4) is 0 Å². The normalized spacial score (nSPS) is 20.3. The van der Waals surface area contributed by atoms with Crippen LogP contribution in [0.15, 0.2) is 18.2 Å². The monoisotopic (exact) mass is 251 g/mol. The molecule has 1 fully saturated rings. The van der Waals surface area contributed by atoms with Crippen LogP contribution in [-0.4, -0.2) is 30.0 Å². The highest BCUT2D eigenvalue weighted by molar-refractivity contribution is 8.00. The zero-order valence-corrected chi connectivity index (χ0v) is 10.7. The molecule has 1 aliphatic heterocycles. The molecule has 4 N–H and O–H groups in total. The molecule has 1 atom stereocenters. The molecule has 1 heterocycles. The van der Waals surface area contributed by atoms with Gasteiger partial charge in [0.25, 0.3) is 0 Å². The van der Waals surface area contributed by atoms with Crippen LogP contribution in [0.2, 0.25) is 0 Å². The molecule has 0 aromatic heterocycles. The van der Waals surface area contributed by atoms with Crippen molar-refractivity contribution in [2.24, 2.45) is 5.73 Å². The molecule has 1 aromatic rings. The van der Waals surface area contributed by atoms with E-state index in [-0.39, 0.29) is 0 Å². The molecule has 1 unspecified atom stereocenters. The number of nitrogens with zero attached hydrogens (tertiary/aromatic N) is 1. The van der Waals surface area contributed by atoms with Crippen molar-refractivity contribution < 1.29 is 4.79 Å². The van der Waals surface area contributed by atoms with E-state index in [1.807, 2.05) is 17.8 Å². The average molecular weight is 251 g/mol. The minimum atomic E-state index is -0.439. The van der Waals surface area contributed by atoms with E-state index in [0.717, 1.165) is 24.5 Å². The first-order valence-electron chi connectivity index (χ1n) is 5.64. The summed E-state index contributed by atoms with van der Waals surface area (Å²) in [6.07, 6.45) is 0. The lowest BCUT2D eigenvalue weighted by Gasteiger charge is -2.33. The van der Waals surface area contributed by atoms with E-state index >= 15 is 0 Å². The molecule has 0 spiro atoms. The standard InChI is InChI=1S/C12H17N3OS/c1-8-7-15(4-5-17-8)11-3-2-9(12(14)16)6-10(11)13/h2-3,6,8H,4-5,7,13H2,1H3,(H2,14,16). The number of thioether (sulfide) groups is 1. The minimum Gasteiger partial charge on any atom is -0.397 e. The van der Waals surface area contributed by atoms with Crippen LogP contribution >= 0.6 is 11.8 Å². The highest BCUT2D eigenvalue weighted by Gasteiger charge is 2.19. The van der Waals surface area contributed by atoms with Gasteiger partial charge in [0.2, 0.25) is 5.91 Å². The van der Waals surface area contributed by atoms with Crippen molar-refractivity contribution in [3.63, 3.8) is 0 Å². The van der Waals surface area contributed by atoms with Crippen LogP contribution in [0.5, 0.6) is 0 Å². The molecular formula is C12H17N3OS. The van der Waals surface area contributed by atoms with Crippen molar-refractivity contribution >= 4 is 29.0 Å². The second-order valence-corrected chi connectivity index (χ2v) is 5.81. The summed E-state index contributed by atoms with van der Waals surface area (Å²) in [6.45, 7) is 4.20. The van der Waals surface area contributed by atoms with Gasteiger partial charge < -0.3 is 16.4 Å². The third-order valence-electron chi connectivity index (χ3n) is 2.89. The van der Waals surface area contributed by atoms with Gasteiger partial charge in [-0.1, -0.05) is 6.92 Å². The molecule has 1 aliphatic rings. The summed E-state index contributed by atoms with van der Waals surface area (Å²) >= 11 is 1.97. The Bertz CT molecular complexity index is 436. The third kappa shape index (κ3) is 2.66. The first kappa shape index (κ1) is 12.1.